The lowest BCUT2D eigenvalue weighted by atomic mass is 10.0. The first-order valence-electron chi connectivity index (χ1n) is 6.46. The highest BCUT2D eigenvalue weighted by atomic mass is 79.9. The van der Waals surface area contributed by atoms with Crippen LogP contribution in [0.3, 0.4) is 0 Å². The first kappa shape index (κ1) is 14.8. The van der Waals surface area contributed by atoms with Gasteiger partial charge in [0, 0.05) is 23.2 Å². The minimum atomic E-state index is -3.43. The largest absolute Gasteiger partial charge is 0.399 e. The highest BCUT2D eigenvalue weighted by Gasteiger charge is 2.28. The lowest BCUT2D eigenvalue weighted by molar-refractivity contribution is 0.416. The maximum absolute atomic E-state index is 12.6. The molecule has 0 aromatic heterocycles. The third kappa shape index (κ3) is 3.30. The molecular weight excluding hydrogens is 328 g/mol. The summed E-state index contributed by atoms with van der Waals surface area (Å²) in [5, 5.41) is 0. The van der Waals surface area contributed by atoms with Crippen LogP contribution in [-0.2, 0) is 10.0 Å². The Morgan fingerprint density at radius 1 is 1.32 bits per heavy atom. The molecule has 1 aromatic rings. The number of benzene rings is 1. The molecule has 0 spiro atoms. The fourth-order valence-corrected chi connectivity index (χ4v) is 4.89. The topological polar surface area (TPSA) is 63.4 Å². The van der Waals surface area contributed by atoms with Crippen molar-refractivity contribution in [2.24, 2.45) is 5.92 Å². The van der Waals surface area contributed by atoms with Crippen molar-refractivity contribution in [3.63, 3.8) is 0 Å². The summed E-state index contributed by atoms with van der Waals surface area (Å²) in [5.41, 5.74) is 6.21. The lowest BCUT2D eigenvalue weighted by Crippen LogP contribution is -2.32. The van der Waals surface area contributed by atoms with Crippen LogP contribution in [0, 0.1) is 5.92 Å². The van der Waals surface area contributed by atoms with Gasteiger partial charge in [-0.2, -0.15) is 4.31 Å². The molecule has 6 heteroatoms. The van der Waals surface area contributed by atoms with Gasteiger partial charge in [-0.1, -0.05) is 6.92 Å². The van der Waals surface area contributed by atoms with E-state index >= 15 is 0 Å². The molecule has 1 saturated heterocycles. The Morgan fingerprint density at radius 2 is 2.05 bits per heavy atom. The van der Waals surface area contributed by atoms with Crippen molar-refractivity contribution < 1.29 is 8.42 Å². The summed E-state index contributed by atoms with van der Waals surface area (Å²) < 4.78 is 27.4. The zero-order chi connectivity index (χ0) is 14.0. The van der Waals surface area contributed by atoms with Crippen molar-refractivity contribution in [3.8, 4) is 0 Å². The zero-order valence-corrected chi connectivity index (χ0v) is 13.4. The predicted octanol–water partition coefficient (Wildman–Crippen LogP) is 2.84. The van der Waals surface area contributed by atoms with Gasteiger partial charge in [0.15, 0.2) is 0 Å². The Hall–Kier alpha value is -0.590. The molecule has 1 fully saturated rings. The van der Waals surface area contributed by atoms with Gasteiger partial charge in [-0.3, -0.25) is 0 Å². The maximum atomic E-state index is 12.6. The van der Waals surface area contributed by atoms with Gasteiger partial charge in [0.25, 0.3) is 0 Å². The summed E-state index contributed by atoms with van der Waals surface area (Å²) in [7, 11) is -3.43. The standard InChI is InChI=1S/C13H19BrN2O2S/c1-10-3-2-7-16(8-6-10)19(17,18)13-5-4-11(15)9-12(13)14/h4-5,9-10H,2-3,6-8,15H2,1H3. The van der Waals surface area contributed by atoms with E-state index in [2.05, 4.69) is 22.9 Å². The first-order chi connectivity index (χ1) is 8.91. The van der Waals surface area contributed by atoms with Crippen LogP contribution in [0.4, 0.5) is 5.69 Å². The van der Waals surface area contributed by atoms with Gasteiger partial charge in [-0.25, -0.2) is 8.42 Å². The van der Waals surface area contributed by atoms with E-state index in [4.69, 9.17) is 5.73 Å². The monoisotopic (exact) mass is 346 g/mol. The van der Waals surface area contributed by atoms with Gasteiger partial charge in [0.1, 0.15) is 0 Å². The molecular formula is C13H19BrN2O2S. The van der Waals surface area contributed by atoms with E-state index in [0.29, 0.717) is 34.1 Å². The fraction of sp³-hybridized carbons (Fsp3) is 0.538. The maximum Gasteiger partial charge on any atom is 0.244 e. The van der Waals surface area contributed by atoms with E-state index in [-0.39, 0.29) is 0 Å². The average molecular weight is 347 g/mol. The molecule has 1 aliphatic heterocycles. The fourth-order valence-electron chi connectivity index (χ4n) is 2.34. The quantitative estimate of drug-likeness (QED) is 0.837. The molecule has 0 aliphatic carbocycles. The van der Waals surface area contributed by atoms with E-state index in [0.717, 1.165) is 19.3 Å². The second-order valence-corrected chi connectivity index (χ2v) is 7.89. The highest BCUT2D eigenvalue weighted by molar-refractivity contribution is 9.10. The van der Waals surface area contributed by atoms with Crippen molar-refractivity contribution in [3.05, 3.63) is 22.7 Å². The smallest absolute Gasteiger partial charge is 0.244 e. The minimum absolute atomic E-state index is 0.302. The minimum Gasteiger partial charge on any atom is -0.399 e. The molecule has 0 saturated carbocycles. The van der Waals surface area contributed by atoms with Crippen LogP contribution in [0.2, 0.25) is 0 Å². The molecule has 4 nitrogen and oxygen atoms in total. The summed E-state index contributed by atoms with van der Waals surface area (Å²) in [6, 6.07) is 4.83. The molecule has 1 aromatic carbocycles. The Labute approximate surface area is 123 Å². The molecule has 0 amide bonds. The zero-order valence-electron chi connectivity index (χ0n) is 11.0. The number of sulfonamides is 1. The summed E-state index contributed by atoms with van der Waals surface area (Å²) in [5.74, 6) is 0.593. The molecule has 2 rings (SSSR count). The van der Waals surface area contributed by atoms with Crippen molar-refractivity contribution in [1.82, 2.24) is 4.31 Å². The summed E-state index contributed by atoms with van der Waals surface area (Å²) in [6.45, 7) is 3.37. The Kier molecular flexibility index (Phi) is 4.53. The second-order valence-electron chi connectivity index (χ2n) is 5.13. The second kappa shape index (κ2) is 5.81. The number of hydrogen-bond acceptors (Lipinski definition) is 3. The van der Waals surface area contributed by atoms with E-state index in [1.54, 1.807) is 22.5 Å². The molecule has 0 radical (unpaired) electrons. The molecule has 1 unspecified atom stereocenters. The van der Waals surface area contributed by atoms with Crippen molar-refractivity contribution in [1.29, 1.82) is 0 Å². The number of rotatable bonds is 2. The molecule has 106 valence electrons. The van der Waals surface area contributed by atoms with E-state index < -0.39 is 10.0 Å². The van der Waals surface area contributed by atoms with Crippen molar-refractivity contribution >= 4 is 31.6 Å². The third-order valence-electron chi connectivity index (χ3n) is 3.55. The van der Waals surface area contributed by atoms with Crippen LogP contribution >= 0.6 is 15.9 Å². The number of nitrogen functional groups attached to an aromatic ring is 1. The Morgan fingerprint density at radius 3 is 2.74 bits per heavy atom. The van der Waals surface area contributed by atoms with Crippen LogP contribution in [0.5, 0.6) is 0 Å². The normalized spacial score (nSPS) is 22.1. The predicted molar refractivity (Wildman–Crippen MR) is 80.3 cm³/mol. The SMILES string of the molecule is CC1CCCN(S(=O)(=O)c2ccc(N)cc2Br)CC1. The van der Waals surface area contributed by atoms with Crippen LogP contribution < -0.4 is 5.73 Å². The molecule has 1 aliphatic rings. The van der Waals surface area contributed by atoms with Gasteiger partial charge in [-0.15, -0.1) is 0 Å². The average Bonchev–Trinajstić information content (AvgIpc) is 2.53. The van der Waals surface area contributed by atoms with Gasteiger partial charge < -0.3 is 5.73 Å². The van der Waals surface area contributed by atoms with Crippen LogP contribution in [0.15, 0.2) is 27.6 Å². The summed E-state index contributed by atoms with van der Waals surface area (Å²) in [4.78, 5) is 0.302. The molecule has 1 atom stereocenters. The number of hydrogen-bond donors (Lipinski definition) is 1. The van der Waals surface area contributed by atoms with Gasteiger partial charge in [-0.05, 0) is 59.3 Å². The van der Waals surface area contributed by atoms with E-state index in [1.165, 1.54) is 0 Å². The van der Waals surface area contributed by atoms with Gasteiger partial charge in [0.2, 0.25) is 10.0 Å². The molecule has 19 heavy (non-hydrogen) atoms. The lowest BCUT2D eigenvalue weighted by Gasteiger charge is -2.21. The molecule has 1 heterocycles. The first-order valence-corrected chi connectivity index (χ1v) is 8.70. The number of nitrogens with two attached hydrogens (primary N) is 1. The van der Waals surface area contributed by atoms with E-state index in [9.17, 15) is 8.42 Å². The van der Waals surface area contributed by atoms with Gasteiger partial charge in [0.05, 0.1) is 4.90 Å². The Bertz CT molecular complexity index is 560. The van der Waals surface area contributed by atoms with Crippen molar-refractivity contribution in [2.75, 3.05) is 18.8 Å². The molecule has 2 N–H and O–H groups in total. The van der Waals surface area contributed by atoms with Crippen LogP contribution in [0.1, 0.15) is 26.2 Å². The summed E-state index contributed by atoms with van der Waals surface area (Å²) in [6.07, 6.45) is 2.94. The number of halogens is 1. The third-order valence-corrected chi connectivity index (χ3v) is 6.42. The Balaban J connectivity index is 2.31. The van der Waals surface area contributed by atoms with Crippen molar-refractivity contribution in [2.45, 2.75) is 31.1 Å². The van der Waals surface area contributed by atoms with Crippen LogP contribution in [-0.4, -0.2) is 25.8 Å². The molecule has 0 bridgehead atoms. The van der Waals surface area contributed by atoms with Gasteiger partial charge >= 0.3 is 0 Å². The number of anilines is 1. The highest BCUT2D eigenvalue weighted by Crippen LogP contribution is 2.29. The van der Waals surface area contributed by atoms with Crippen LogP contribution in [0.25, 0.3) is 0 Å². The summed E-state index contributed by atoms with van der Waals surface area (Å²) >= 11 is 3.30. The number of nitrogens with zero attached hydrogens (tertiary/aromatic N) is 1. The van der Waals surface area contributed by atoms with E-state index in [1.807, 2.05) is 0 Å².